The summed E-state index contributed by atoms with van der Waals surface area (Å²) in [6.07, 6.45) is 1.48. The maximum atomic E-state index is 11.8. The number of carbonyl (C=O) groups excluding carboxylic acids is 1. The lowest BCUT2D eigenvalue weighted by Gasteiger charge is -2.26. The number of nitrogens with zero attached hydrogens (tertiary/aromatic N) is 2. The number of pyridine rings is 1. The minimum absolute atomic E-state index is 0.277. The van der Waals surface area contributed by atoms with Gasteiger partial charge in [0.2, 0.25) is 0 Å². The van der Waals surface area contributed by atoms with E-state index in [1.54, 1.807) is 11.1 Å². The van der Waals surface area contributed by atoms with E-state index in [0.29, 0.717) is 26.3 Å². The van der Waals surface area contributed by atoms with Crippen molar-refractivity contribution in [1.82, 2.24) is 9.88 Å². The van der Waals surface area contributed by atoms with Crippen LogP contribution in [0.25, 0.3) is 0 Å². The molecule has 0 saturated carbocycles. The molecule has 0 aliphatic carbocycles. The molecule has 1 aromatic rings. The number of amides is 1. The molecule has 5 nitrogen and oxygen atoms in total. The second-order valence-electron chi connectivity index (χ2n) is 4.35. The Kier molecular flexibility index (Phi) is 4.15. The fourth-order valence-corrected chi connectivity index (χ4v) is 1.91. The van der Waals surface area contributed by atoms with Crippen molar-refractivity contribution in [3.8, 4) is 0 Å². The van der Waals surface area contributed by atoms with Crippen LogP contribution in [0.4, 0.5) is 4.79 Å². The fourth-order valence-electron chi connectivity index (χ4n) is 1.91. The lowest BCUT2D eigenvalue weighted by atomic mass is 10.1. The van der Waals surface area contributed by atoms with Gasteiger partial charge in [-0.1, -0.05) is 0 Å². The van der Waals surface area contributed by atoms with E-state index in [0.717, 1.165) is 16.8 Å². The summed E-state index contributed by atoms with van der Waals surface area (Å²) in [5, 5.41) is 0. The molecule has 0 radical (unpaired) electrons. The standard InChI is InChI=1S/C13H18N2O3/c1-10-3-4-14-11(2)12(10)9-18-13(16)15-5-7-17-8-6-15/h3-4H,5-9H2,1-2H3. The van der Waals surface area contributed by atoms with E-state index < -0.39 is 0 Å². The number of hydrogen-bond acceptors (Lipinski definition) is 4. The molecule has 2 heterocycles. The van der Waals surface area contributed by atoms with Gasteiger partial charge in [-0.05, 0) is 25.5 Å². The zero-order chi connectivity index (χ0) is 13.0. The van der Waals surface area contributed by atoms with Gasteiger partial charge < -0.3 is 14.4 Å². The summed E-state index contributed by atoms with van der Waals surface area (Å²) in [5.41, 5.74) is 2.99. The van der Waals surface area contributed by atoms with Crippen molar-refractivity contribution in [2.24, 2.45) is 0 Å². The highest BCUT2D eigenvalue weighted by molar-refractivity contribution is 5.67. The van der Waals surface area contributed by atoms with Crippen LogP contribution in [0, 0.1) is 13.8 Å². The molecule has 1 aliphatic rings. The monoisotopic (exact) mass is 250 g/mol. The van der Waals surface area contributed by atoms with Crippen molar-refractivity contribution in [3.05, 3.63) is 29.1 Å². The van der Waals surface area contributed by atoms with E-state index in [4.69, 9.17) is 9.47 Å². The zero-order valence-electron chi connectivity index (χ0n) is 10.8. The molecule has 0 N–H and O–H groups in total. The van der Waals surface area contributed by atoms with Crippen LogP contribution in [-0.2, 0) is 16.1 Å². The van der Waals surface area contributed by atoms with Gasteiger partial charge in [0.1, 0.15) is 6.61 Å². The molecule has 1 amide bonds. The van der Waals surface area contributed by atoms with E-state index in [1.807, 2.05) is 19.9 Å². The SMILES string of the molecule is Cc1ccnc(C)c1COC(=O)N1CCOCC1. The van der Waals surface area contributed by atoms with Crippen molar-refractivity contribution in [3.63, 3.8) is 0 Å². The quantitative estimate of drug-likeness (QED) is 0.801. The minimum atomic E-state index is -0.277. The first-order chi connectivity index (χ1) is 8.68. The topological polar surface area (TPSA) is 51.7 Å². The van der Waals surface area contributed by atoms with Gasteiger partial charge in [0, 0.05) is 30.5 Å². The van der Waals surface area contributed by atoms with Gasteiger partial charge in [0.25, 0.3) is 0 Å². The summed E-state index contributed by atoms with van der Waals surface area (Å²) < 4.78 is 10.5. The highest BCUT2D eigenvalue weighted by atomic mass is 16.6. The van der Waals surface area contributed by atoms with Crippen LogP contribution in [0.1, 0.15) is 16.8 Å². The van der Waals surface area contributed by atoms with Crippen molar-refractivity contribution in [2.45, 2.75) is 20.5 Å². The minimum Gasteiger partial charge on any atom is -0.444 e. The fraction of sp³-hybridized carbons (Fsp3) is 0.538. The van der Waals surface area contributed by atoms with Crippen LogP contribution >= 0.6 is 0 Å². The Morgan fingerprint density at radius 3 is 2.83 bits per heavy atom. The number of hydrogen-bond donors (Lipinski definition) is 0. The van der Waals surface area contributed by atoms with Crippen LogP contribution in [0.2, 0.25) is 0 Å². The molecule has 0 atom stereocenters. The molecular weight excluding hydrogens is 232 g/mol. The second-order valence-corrected chi connectivity index (χ2v) is 4.35. The highest BCUT2D eigenvalue weighted by Gasteiger charge is 2.18. The third-order valence-electron chi connectivity index (χ3n) is 3.11. The van der Waals surface area contributed by atoms with Gasteiger partial charge in [0.15, 0.2) is 0 Å². The smallest absolute Gasteiger partial charge is 0.410 e. The van der Waals surface area contributed by atoms with Crippen molar-refractivity contribution in [1.29, 1.82) is 0 Å². The molecule has 0 spiro atoms. The first-order valence-electron chi connectivity index (χ1n) is 6.09. The molecular formula is C13H18N2O3. The average molecular weight is 250 g/mol. The molecule has 0 unspecified atom stereocenters. The van der Waals surface area contributed by atoms with Crippen molar-refractivity contribution < 1.29 is 14.3 Å². The largest absolute Gasteiger partial charge is 0.444 e. The van der Waals surface area contributed by atoms with E-state index >= 15 is 0 Å². The normalized spacial score (nSPS) is 15.6. The summed E-state index contributed by atoms with van der Waals surface area (Å²) in [4.78, 5) is 17.7. The van der Waals surface area contributed by atoms with Gasteiger partial charge in [-0.15, -0.1) is 0 Å². The summed E-state index contributed by atoms with van der Waals surface area (Å²) in [7, 11) is 0. The molecule has 1 aromatic heterocycles. The number of aromatic nitrogens is 1. The van der Waals surface area contributed by atoms with Crippen LogP contribution in [0.15, 0.2) is 12.3 Å². The van der Waals surface area contributed by atoms with Gasteiger partial charge in [-0.2, -0.15) is 0 Å². The van der Waals surface area contributed by atoms with Crippen LogP contribution in [-0.4, -0.2) is 42.3 Å². The number of ether oxygens (including phenoxy) is 2. The number of rotatable bonds is 2. The van der Waals surface area contributed by atoms with E-state index in [2.05, 4.69) is 4.98 Å². The van der Waals surface area contributed by atoms with Crippen LogP contribution in [0.3, 0.4) is 0 Å². The summed E-state index contributed by atoms with van der Waals surface area (Å²) in [5.74, 6) is 0. The molecule has 5 heteroatoms. The first kappa shape index (κ1) is 12.8. The molecule has 1 saturated heterocycles. The summed E-state index contributed by atoms with van der Waals surface area (Å²) in [6.45, 7) is 6.56. The van der Waals surface area contributed by atoms with Crippen LogP contribution in [0.5, 0.6) is 0 Å². The Balaban J connectivity index is 1.92. The average Bonchev–Trinajstić information content (AvgIpc) is 2.39. The van der Waals surface area contributed by atoms with E-state index in [-0.39, 0.29) is 12.7 Å². The van der Waals surface area contributed by atoms with E-state index in [1.165, 1.54) is 0 Å². The van der Waals surface area contributed by atoms with Gasteiger partial charge in [0.05, 0.1) is 13.2 Å². The molecule has 0 bridgehead atoms. The lowest BCUT2D eigenvalue weighted by molar-refractivity contribution is 0.0248. The molecule has 18 heavy (non-hydrogen) atoms. The molecule has 1 aliphatic heterocycles. The van der Waals surface area contributed by atoms with E-state index in [9.17, 15) is 4.79 Å². The summed E-state index contributed by atoms with van der Waals surface area (Å²) in [6, 6.07) is 1.92. The third kappa shape index (κ3) is 2.98. The van der Waals surface area contributed by atoms with Crippen molar-refractivity contribution >= 4 is 6.09 Å². The Labute approximate surface area is 107 Å². The van der Waals surface area contributed by atoms with Gasteiger partial charge >= 0.3 is 6.09 Å². The second kappa shape index (κ2) is 5.82. The number of carbonyl (C=O) groups is 1. The maximum absolute atomic E-state index is 11.8. The predicted molar refractivity (Wildman–Crippen MR) is 66.3 cm³/mol. The van der Waals surface area contributed by atoms with Crippen molar-refractivity contribution in [2.75, 3.05) is 26.3 Å². The Morgan fingerprint density at radius 2 is 2.17 bits per heavy atom. The Bertz CT molecular complexity index is 408. The summed E-state index contributed by atoms with van der Waals surface area (Å²) >= 11 is 0. The van der Waals surface area contributed by atoms with Gasteiger partial charge in [-0.3, -0.25) is 4.98 Å². The first-order valence-corrected chi connectivity index (χ1v) is 6.09. The molecule has 1 fully saturated rings. The Hall–Kier alpha value is -1.62. The third-order valence-corrected chi connectivity index (χ3v) is 3.11. The van der Waals surface area contributed by atoms with Gasteiger partial charge in [-0.25, -0.2) is 4.79 Å². The maximum Gasteiger partial charge on any atom is 0.410 e. The number of morpholine rings is 1. The lowest BCUT2D eigenvalue weighted by Crippen LogP contribution is -2.40. The zero-order valence-corrected chi connectivity index (χ0v) is 10.8. The molecule has 0 aromatic carbocycles. The molecule has 98 valence electrons. The number of aryl methyl sites for hydroxylation is 2. The van der Waals surface area contributed by atoms with Crippen LogP contribution < -0.4 is 0 Å². The highest BCUT2D eigenvalue weighted by Crippen LogP contribution is 2.13. The molecule has 2 rings (SSSR count). The predicted octanol–water partition coefficient (Wildman–Crippen LogP) is 1.67. The Morgan fingerprint density at radius 1 is 1.44 bits per heavy atom.